The third kappa shape index (κ3) is 5.16. The lowest BCUT2D eigenvalue weighted by molar-refractivity contribution is -0.140. The van der Waals surface area contributed by atoms with Gasteiger partial charge in [-0.15, -0.1) is 0 Å². The normalized spacial score (nSPS) is 23.8. The average Bonchev–Trinajstić information content (AvgIpc) is 2.84. The Morgan fingerprint density at radius 3 is 2.83 bits per heavy atom. The van der Waals surface area contributed by atoms with Gasteiger partial charge in [-0.05, 0) is 25.5 Å². The molecule has 0 amide bonds. The molecule has 2 unspecified atom stereocenters. The van der Waals surface area contributed by atoms with Crippen molar-refractivity contribution >= 4 is 23.7 Å². The number of carbonyl (C=O) groups is 1. The zero-order valence-electron chi connectivity index (χ0n) is 11.4. The molecule has 0 saturated heterocycles. The summed E-state index contributed by atoms with van der Waals surface area (Å²) in [7, 11) is 3.14. The molecule has 0 spiro atoms. The second-order valence-corrected chi connectivity index (χ2v) is 5.48. The maximum atomic E-state index is 11.0. The van der Waals surface area contributed by atoms with Gasteiger partial charge < -0.3 is 15.4 Å². The minimum absolute atomic E-state index is 0.207. The van der Waals surface area contributed by atoms with Crippen LogP contribution in [0.15, 0.2) is 4.99 Å². The number of methoxy groups -OCH3 is 1. The zero-order chi connectivity index (χ0) is 13.4. The van der Waals surface area contributed by atoms with Crippen molar-refractivity contribution in [3.63, 3.8) is 0 Å². The number of ether oxygens (including phenoxy) is 1. The minimum atomic E-state index is -0.207. The number of hydrogen-bond donors (Lipinski definition) is 2. The van der Waals surface area contributed by atoms with Crippen molar-refractivity contribution in [3.05, 3.63) is 0 Å². The molecular formula is C12H23N3O2S. The van der Waals surface area contributed by atoms with Gasteiger partial charge in [0.15, 0.2) is 5.96 Å². The molecular weight excluding hydrogens is 250 g/mol. The van der Waals surface area contributed by atoms with E-state index >= 15 is 0 Å². The van der Waals surface area contributed by atoms with Gasteiger partial charge in [0.1, 0.15) is 0 Å². The van der Waals surface area contributed by atoms with E-state index in [1.807, 2.05) is 11.8 Å². The molecule has 1 aliphatic rings. The van der Waals surface area contributed by atoms with Crippen LogP contribution in [0, 0.1) is 0 Å². The summed E-state index contributed by atoms with van der Waals surface area (Å²) in [6.07, 6.45) is 6.14. The summed E-state index contributed by atoms with van der Waals surface area (Å²) in [5, 5.41) is 7.28. The van der Waals surface area contributed by atoms with Gasteiger partial charge in [0.05, 0.1) is 13.5 Å². The molecule has 0 heterocycles. The lowest BCUT2D eigenvalue weighted by Crippen LogP contribution is -2.43. The highest BCUT2D eigenvalue weighted by Gasteiger charge is 2.24. The average molecular weight is 273 g/mol. The van der Waals surface area contributed by atoms with E-state index in [0.717, 1.165) is 11.2 Å². The van der Waals surface area contributed by atoms with Crippen LogP contribution in [-0.4, -0.2) is 50.2 Å². The van der Waals surface area contributed by atoms with Crippen molar-refractivity contribution in [3.8, 4) is 0 Å². The molecule has 0 aromatic carbocycles. The molecule has 2 N–H and O–H groups in total. The molecule has 2 atom stereocenters. The van der Waals surface area contributed by atoms with Gasteiger partial charge in [0.2, 0.25) is 0 Å². The van der Waals surface area contributed by atoms with Crippen LogP contribution in [0.1, 0.15) is 25.7 Å². The fourth-order valence-electron chi connectivity index (χ4n) is 2.06. The molecule has 0 bridgehead atoms. The Morgan fingerprint density at radius 1 is 1.50 bits per heavy atom. The molecule has 18 heavy (non-hydrogen) atoms. The molecule has 104 valence electrons. The number of rotatable bonds is 5. The van der Waals surface area contributed by atoms with Crippen molar-refractivity contribution in [2.45, 2.75) is 37.0 Å². The van der Waals surface area contributed by atoms with E-state index < -0.39 is 0 Å². The Balaban J connectivity index is 2.24. The number of thioether (sulfide) groups is 1. The third-order valence-electron chi connectivity index (χ3n) is 3.13. The highest BCUT2D eigenvalue weighted by Crippen LogP contribution is 2.27. The van der Waals surface area contributed by atoms with Crippen LogP contribution < -0.4 is 10.6 Å². The van der Waals surface area contributed by atoms with Gasteiger partial charge in [-0.1, -0.05) is 0 Å². The van der Waals surface area contributed by atoms with Crippen molar-refractivity contribution in [1.29, 1.82) is 0 Å². The number of guanidine groups is 1. The van der Waals surface area contributed by atoms with E-state index in [1.165, 1.54) is 26.4 Å². The van der Waals surface area contributed by atoms with E-state index in [9.17, 15) is 4.79 Å². The van der Waals surface area contributed by atoms with Crippen molar-refractivity contribution in [2.75, 3.05) is 27.0 Å². The van der Waals surface area contributed by atoms with E-state index in [0.29, 0.717) is 19.0 Å². The van der Waals surface area contributed by atoms with Crippen molar-refractivity contribution in [1.82, 2.24) is 10.6 Å². The van der Waals surface area contributed by atoms with E-state index in [2.05, 4.69) is 26.6 Å². The Bertz CT molecular complexity index is 297. The lowest BCUT2D eigenvalue weighted by Gasteiger charge is -2.17. The number of carbonyl (C=O) groups excluding carboxylic acids is 1. The van der Waals surface area contributed by atoms with Gasteiger partial charge in [-0.3, -0.25) is 9.79 Å². The predicted molar refractivity (Wildman–Crippen MR) is 76.1 cm³/mol. The standard InChI is InChI=1S/C12H23N3O2S/c1-13-12(14-7-6-11(16)17-2)15-9-4-5-10(8-9)18-3/h9-10H,4-8H2,1-3H3,(H2,13,14,15). The predicted octanol–water partition coefficient (Wildman–Crippen LogP) is 0.999. The first-order chi connectivity index (χ1) is 8.69. The van der Waals surface area contributed by atoms with Crippen LogP contribution in [0.25, 0.3) is 0 Å². The largest absolute Gasteiger partial charge is 0.469 e. The summed E-state index contributed by atoms with van der Waals surface area (Å²) in [4.78, 5) is 15.1. The van der Waals surface area contributed by atoms with Crippen molar-refractivity contribution < 1.29 is 9.53 Å². The smallest absolute Gasteiger partial charge is 0.307 e. The van der Waals surface area contributed by atoms with E-state index in [4.69, 9.17) is 0 Å². The topological polar surface area (TPSA) is 62.7 Å². The fraction of sp³-hybridized carbons (Fsp3) is 0.833. The Hall–Kier alpha value is -0.910. The van der Waals surface area contributed by atoms with Crippen LogP contribution in [-0.2, 0) is 9.53 Å². The molecule has 1 saturated carbocycles. The van der Waals surface area contributed by atoms with Gasteiger partial charge in [0, 0.05) is 24.9 Å². The molecule has 0 aromatic rings. The quantitative estimate of drug-likeness (QED) is 0.444. The SMILES string of the molecule is CN=C(NCCC(=O)OC)NC1CCC(SC)C1. The highest BCUT2D eigenvalue weighted by molar-refractivity contribution is 7.99. The maximum Gasteiger partial charge on any atom is 0.307 e. The van der Waals surface area contributed by atoms with E-state index in [1.54, 1.807) is 7.05 Å². The van der Waals surface area contributed by atoms with Crippen molar-refractivity contribution in [2.24, 2.45) is 4.99 Å². The summed E-state index contributed by atoms with van der Waals surface area (Å²) >= 11 is 1.93. The summed E-state index contributed by atoms with van der Waals surface area (Å²) in [6.45, 7) is 0.547. The lowest BCUT2D eigenvalue weighted by atomic mass is 10.2. The monoisotopic (exact) mass is 273 g/mol. The van der Waals surface area contributed by atoms with Crippen LogP contribution in [0.3, 0.4) is 0 Å². The third-order valence-corrected chi connectivity index (χ3v) is 4.23. The van der Waals surface area contributed by atoms with Gasteiger partial charge in [-0.2, -0.15) is 11.8 Å². The molecule has 0 aromatic heterocycles. The van der Waals surface area contributed by atoms with E-state index in [-0.39, 0.29) is 5.97 Å². The Morgan fingerprint density at radius 2 is 2.28 bits per heavy atom. The first-order valence-electron chi connectivity index (χ1n) is 6.26. The molecule has 1 fully saturated rings. The summed E-state index contributed by atoms with van der Waals surface area (Å²) < 4.78 is 4.59. The first-order valence-corrected chi connectivity index (χ1v) is 7.55. The number of hydrogen-bond acceptors (Lipinski definition) is 4. The summed E-state index contributed by atoms with van der Waals surface area (Å²) in [6, 6.07) is 0.492. The zero-order valence-corrected chi connectivity index (χ0v) is 12.2. The summed E-state index contributed by atoms with van der Waals surface area (Å²) in [5.41, 5.74) is 0. The van der Waals surface area contributed by atoms with Crippen LogP contribution in [0.5, 0.6) is 0 Å². The number of esters is 1. The molecule has 0 aliphatic heterocycles. The highest BCUT2D eigenvalue weighted by atomic mass is 32.2. The van der Waals surface area contributed by atoms with Crippen LogP contribution in [0.2, 0.25) is 0 Å². The first kappa shape index (κ1) is 15.1. The van der Waals surface area contributed by atoms with Gasteiger partial charge in [-0.25, -0.2) is 0 Å². The second kappa shape index (κ2) is 8.24. The molecule has 5 nitrogen and oxygen atoms in total. The Kier molecular flexibility index (Phi) is 6.93. The Labute approximate surface area is 113 Å². The van der Waals surface area contributed by atoms with Crippen LogP contribution in [0.4, 0.5) is 0 Å². The molecule has 1 rings (SSSR count). The fourth-order valence-corrected chi connectivity index (χ4v) is 2.85. The van der Waals surface area contributed by atoms with Crippen LogP contribution >= 0.6 is 11.8 Å². The molecule has 6 heteroatoms. The number of nitrogens with zero attached hydrogens (tertiary/aromatic N) is 1. The van der Waals surface area contributed by atoms with Gasteiger partial charge in [0.25, 0.3) is 0 Å². The number of aliphatic imine (C=N–C) groups is 1. The maximum absolute atomic E-state index is 11.0. The minimum Gasteiger partial charge on any atom is -0.469 e. The molecule has 0 radical (unpaired) electrons. The molecule has 1 aliphatic carbocycles. The summed E-state index contributed by atoms with van der Waals surface area (Å²) in [5.74, 6) is 0.562. The number of nitrogens with one attached hydrogen (secondary N) is 2. The van der Waals surface area contributed by atoms with Gasteiger partial charge >= 0.3 is 5.97 Å². The second-order valence-electron chi connectivity index (χ2n) is 4.34.